The summed E-state index contributed by atoms with van der Waals surface area (Å²) in [4.78, 5) is 44.1. The second kappa shape index (κ2) is 6.77. The summed E-state index contributed by atoms with van der Waals surface area (Å²) in [6, 6.07) is 18.0. The van der Waals surface area contributed by atoms with Gasteiger partial charge in [-0.05, 0) is 47.9 Å². The van der Waals surface area contributed by atoms with Gasteiger partial charge in [0.1, 0.15) is 11.2 Å². The molecule has 0 aliphatic carbocycles. The van der Waals surface area contributed by atoms with Crippen LogP contribution in [0.15, 0.2) is 71.7 Å². The highest BCUT2D eigenvalue weighted by Gasteiger charge is 2.49. The van der Waals surface area contributed by atoms with Gasteiger partial charge in [0.05, 0.1) is 12.2 Å². The van der Waals surface area contributed by atoms with Crippen LogP contribution >= 0.6 is 0 Å². The maximum atomic E-state index is 13.3. The van der Waals surface area contributed by atoms with Crippen molar-refractivity contribution in [3.8, 4) is 0 Å². The number of urea groups is 1. The number of pyridine rings is 1. The topological polar surface area (TPSA) is 83.8 Å². The van der Waals surface area contributed by atoms with Crippen LogP contribution in [0.25, 0.3) is 16.4 Å². The number of carbonyl (C=O) groups is 2. The van der Waals surface area contributed by atoms with E-state index in [-0.39, 0.29) is 18.0 Å². The van der Waals surface area contributed by atoms with Gasteiger partial charge < -0.3 is 5.32 Å². The third-order valence-corrected chi connectivity index (χ3v) is 5.78. The molecule has 1 aliphatic heterocycles. The van der Waals surface area contributed by atoms with Crippen molar-refractivity contribution in [1.29, 1.82) is 0 Å². The van der Waals surface area contributed by atoms with Crippen LogP contribution in [0, 0.1) is 6.92 Å². The average molecular weight is 412 g/mol. The molecule has 1 saturated heterocycles. The van der Waals surface area contributed by atoms with E-state index >= 15 is 0 Å². The highest BCUT2D eigenvalue weighted by molar-refractivity contribution is 6.07. The van der Waals surface area contributed by atoms with Gasteiger partial charge >= 0.3 is 6.03 Å². The Kier molecular flexibility index (Phi) is 4.15. The first-order chi connectivity index (χ1) is 14.8. The predicted molar refractivity (Wildman–Crippen MR) is 117 cm³/mol. The summed E-state index contributed by atoms with van der Waals surface area (Å²) in [6.45, 7) is 3.51. The van der Waals surface area contributed by atoms with Gasteiger partial charge in [0.25, 0.3) is 11.5 Å². The molecule has 1 fully saturated rings. The summed E-state index contributed by atoms with van der Waals surface area (Å²) < 4.78 is 1.45. The number of aromatic nitrogens is 2. The van der Waals surface area contributed by atoms with Crippen LogP contribution in [0.1, 0.15) is 23.7 Å². The second-order valence-corrected chi connectivity index (χ2v) is 8.03. The normalized spacial score (nSPS) is 18.7. The second-order valence-electron chi connectivity index (χ2n) is 8.03. The summed E-state index contributed by atoms with van der Waals surface area (Å²) in [5.41, 5.74) is 1.02. The fourth-order valence-corrected chi connectivity index (χ4v) is 4.04. The monoisotopic (exact) mass is 412 g/mol. The molecule has 1 aliphatic rings. The fourth-order valence-electron chi connectivity index (χ4n) is 4.04. The van der Waals surface area contributed by atoms with E-state index in [0.29, 0.717) is 16.9 Å². The number of benzene rings is 2. The molecule has 3 amide bonds. The van der Waals surface area contributed by atoms with Crippen LogP contribution in [0.2, 0.25) is 0 Å². The zero-order valence-corrected chi connectivity index (χ0v) is 17.1. The van der Waals surface area contributed by atoms with E-state index in [4.69, 9.17) is 0 Å². The maximum Gasteiger partial charge on any atom is 0.325 e. The van der Waals surface area contributed by atoms with E-state index in [1.807, 2.05) is 55.5 Å². The number of rotatable bonds is 3. The van der Waals surface area contributed by atoms with Crippen molar-refractivity contribution in [2.75, 3.05) is 0 Å². The summed E-state index contributed by atoms with van der Waals surface area (Å²) in [5.74, 6) is -0.376. The van der Waals surface area contributed by atoms with Crippen LogP contribution in [-0.4, -0.2) is 26.2 Å². The van der Waals surface area contributed by atoms with Gasteiger partial charge in [-0.25, -0.2) is 9.78 Å². The van der Waals surface area contributed by atoms with E-state index < -0.39 is 11.6 Å². The maximum absolute atomic E-state index is 13.3. The molecule has 4 aromatic rings. The number of hydrogen-bond acceptors (Lipinski definition) is 4. The molecule has 0 radical (unpaired) electrons. The molecule has 1 atom stereocenters. The predicted octanol–water partition coefficient (Wildman–Crippen LogP) is 3.12. The molecule has 1 N–H and O–H groups in total. The number of nitrogens with zero attached hydrogens (tertiary/aromatic N) is 3. The molecule has 0 bridgehead atoms. The third-order valence-electron chi connectivity index (χ3n) is 5.78. The minimum Gasteiger partial charge on any atom is -0.319 e. The van der Waals surface area contributed by atoms with Crippen LogP contribution in [0.5, 0.6) is 0 Å². The van der Waals surface area contributed by atoms with Crippen molar-refractivity contribution in [2.45, 2.75) is 25.9 Å². The van der Waals surface area contributed by atoms with E-state index in [9.17, 15) is 14.4 Å². The number of hydrogen-bond donors (Lipinski definition) is 1. The minimum absolute atomic E-state index is 0.0759. The summed E-state index contributed by atoms with van der Waals surface area (Å²) in [5, 5.41) is 4.86. The number of aryl methyl sites for hydroxylation is 1. The van der Waals surface area contributed by atoms with E-state index in [0.717, 1.165) is 21.2 Å². The van der Waals surface area contributed by atoms with Gasteiger partial charge in [-0.2, -0.15) is 0 Å². The molecule has 2 aromatic heterocycles. The molecule has 154 valence electrons. The largest absolute Gasteiger partial charge is 0.325 e. The molecular weight excluding hydrogens is 392 g/mol. The standard InChI is InChI=1S/C24H20N4O3/c1-15-7-10-20-25-19(12-21(29)27(20)13-15)14-28-22(30)24(2,26-23(28)31)18-9-8-16-5-3-4-6-17(16)11-18/h3-13H,14H2,1-2H3,(H,26,31). The summed E-state index contributed by atoms with van der Waals surface area (Å²) in [6.07, 6.45) is 1.71. The summed E-state index contributed by atoms with van der Waals surface area (Å²) in [7, 11) is 0. The van der Waals surface area contributed by atoms with Crippen LogP contribution < -0.4 is 10.9 Å². The lowest BCUT2D eigenvalue weighted by Crippen LogP contribution is -2.40. The van der Waals surface area contributed by atoms with Crippen LogP contribution in [-0.2, 0) is 16.9 Å². The van der Waals surface area contributed by atoms with Crippen molar-refractivity contribution in [1.82, 2.24) is 19.6 Å². The van der Waals surface area contributed by atoms with Gasteiger partial charge in [-0.15, -0.1) is 0 Å². The molecular formula is C24H20N4O3. The van der Waals surface area contributed by atoms with E-state index in [2.05, 4.69) is 10.3 Å². The first kappa shape index (κ1) is 19.0. The van der Waals surface area contributed by atoms with Gasteiger partial charge in [0.2, 0.25) is 0 Å². The van der Waals surface area contributed by atoms with Crippen molar-refractivity contribution >= 4 is 28.4 Å². The number of amides is 3. The minimum atomic E-state index is -1.19. The Morgan fingerprint density at radius 1 is 0.968 bits per heavy atom. The van der Waals surface area contributed by atoms with Crippen molar-refractivity contribution < 1.29 is 9.59 Å². The molecule has 7 nitrogen and oxygen atoms in total. The number of carbonyl (C=O) groups excluding carboxylic acids is 2. The molecule has 31 heavy (non-hydrogen) atoms. The molecule has 3 heterocycles. The average Bonchev–Trinajstić information content (AvgIpc) is 2.98. The molecule has 0 saturated carbocycles. The lowest BCUT2D eigenvalue weighted by molar-refractivity contribution is -0.131. The number of imide groups is 1. The lowest BCUT2D eigenvalue weighted by Gasteiger charge is -2.22. The third kappa shape index (κ3) is 3.06. The Balaban J connectivity index is 1.49. The van der Waals surface area contributed by atoms with Crippen molar-refractivity contribution in [2.24, 2.45) is 0 Å². The zero-order valence-electron chi connectivity index (χ0n) is 17.1. The highest BCUT2D eigenvalue weighted by atomic mass is 16.2. The lowest BCUT2D eigenvalue weighted by atomic mass is 9.90. The van der Waals surface area contributed by atoms with Gasteiger partial charge in [0, 0.05) is 12.3 Å². The van der Waals surface area contributed by atoms with Crippen LogP contribution in [0.4, 0.5) is 4.79 Å². The zero-order chi connectivity index (χ0) is 21.8. The Labute approximate surface area is 177 Å². The molecule has 5 rings (SSSR count). The molecule has 0 spiro atoms. The Morgan fingerprint density at radius 2 is 1.74 bits per heavy atom. The van der Waals surface area contributed by atoms with E-state index in [1.165, 1.54) is 10.5 Å². The van der Waals surface area contributed by atoms with Crippen LogP contribution in [0.3, 0.4) is 0 Å². The quantitative estimate of drug-likeness (QED) is 0.524. The first-order valence-electron chi connectivity index (χ1n) is 9.97. The molecule has 7 heteroatoms. The first-order valence-corrected chi connectivity index (χ1v) is 9.97. The molecule has 2 aromatic carbocycles. The Bertz CT molecular complexity index is 1440. The number of nitrogens with one attached hydrogen (secondary N) is 1. The highest BCUT2D eigenvalue weighted by Crippen LogP contribution is 2.31. The van der Waals surface area contributed by atoms with Gasteiger partial charge in [0.15, 0.2) is 0 Å². The van der Waals surface area contributed by atoms with Crippen molar-refractivity contribution in [3.63, 3.8) is 0 Å². The van der Waals surface area contributed by atoms with Crippen molar-refractivity contribution in [3.05, 3.63) is 94.0 Å². The van der Waals surface area contributed by atoms with Gasteiger partial charge in [-0.3, -0.25) is 18.9 Å². The van der Waals surface area contributed by atoms with E-state index in [1.54, 1.807) is 19.2 Å². The fraction of sp³-hybridized carbons (Fsp3) is 0.167. The molecule has 1 unspecified atom stereocenters. The SMILES string of the molecule is Cc1ccc2nc(CN3C(=O)NC(C)(c4ccc5ccccc5c4)C3=O)cc(=O)n2c1. The van der Waals surface area contributed by atoms with Gasteiger partial charge in [-0.1, -0.05) is 42.5 Å². The smallest absolute Gasteiger partial charge is 0.319 e. The Hall–Kier alpha value is -4.00. The summed E-state index contributed by atoms with van der Waals surface area (Å²) >= 11 is 0. The number of fused-ring (bicyclic) bond motifs is 2. The Morgan fingerprint density at radius 3 is 2.55 bits per heavy atom.